The maximum absolute atomic E-state index is 12.2. The van der Waals surface area contributed by atoms with E-state index in [4.69, 9.17) is 4.74 Å². The van der Waals surface area contributed by atoms with Crippen LogP contribution in [0.15, 0.2) is 37.4 Å². The minimum atomic E-state index is -0.588. The van der Waals surface area contributed by atoms with E-state index in [1.165, 1.54) is 6.07 Å². The van der Waals surface area contributed by atoms with Crippen LogP contribution in [0.5, 0.6) is 11.5 Å². The quantitative estimate of drug-likeness (QED) is 0.435. The molecule has 0 saturated heterocycles. The molecule has 0 aliphatic carbocycles. The number of aryl methyl sites for hydroxylation is 1. The zero-order valence-electron chi connectivity index (χ0n) is 12.3. The van der Waals surface area contributed by atoms with Crippen molar-refractivity contribution in [2.45, 2.75) is 38.7 Å². The number of phenols is 2. The van der Waals surface area contributed by atoms with Crippen LogP contribution >= 0.6 is 0 Å². The predicted molar refractivity (Wildman–Crippen MR) is 82.6 cm³/mol. The molecule has 1 aromatic rings. The highest BCUT2D eigenvalue weighted by atomic mass is 16.5. The molecule has 21 heavy (non-hydrogen) atoms. The van der Waals surface area contributed by atoms with Crippen molar-refractivity contribution in [1.82, 2.24) is 0 Å². The summed E-state index contributed by atoms with van der Waals surface area (Å²) in [6.07, 6.45) is 5.79. The SMILES string of the molecule is C=CCCCc1cc(O)cc(O)c1C(=O)OC(C)CC=C. The van der Waals surface area contributed by atoms with Crippen LogP contribution in [-0.2, 0) is 11.2 Å². The number of unbranched alkanes of at least 4 members (excludes halogenated alkanes) is 1. The fraction of sp³-hybridized carbons (Fsp3) is 0.353. The number of hydrogen-bond donors (Lipinski definition) is 2. The molecule has 0 heterocycles. The van der Waals surface area contributed by atoms with E-state index in [9.17, 15) is 15.0 Å². The highest BCUT2D eigenvalue weighted by Gasteiger charge is 2.20. The van der Waals surface area contributed by atoms with Gasteiger partial charge in [0.15, 0.2) is 0 Å². The normalized spacial score (nSPS) is 11.7. The standard InChI is InChI=1S/C17H22O4/c1-4-6-7-9-13-10-14(18)11-15(19)16(13)17(20)21-12(3)8-5-2/h4-5,10-12,18-19H,1-2,6-9H2,3H3. The summed E-state index contributed by atoms with van der Waals surface area (Å²) in [5.74, 6) is -0.924. The first-order chi connectivity index (χ1) is 9.99. The molecule has 2 N–H and O–H groups in total. The molecule has 0 aliphatic heterocycles. The van der Waals surface area contributed by atoms with Crippen LogP contribution in [0, 0.1) is 0 Å². The summed E-state index contributed by atoms with van der Waals surface area (Å²) in [5, 5.41) is 19.5. The number of allylic oxidation sites excluding steroid dienone is 1. The Morgan fingerprint density at radius 1 is 1.33 bits per heavy atom. The van der Waals surface area contributed by atoms with Crippen molar-refractivity contribution in [3.8, 4) is 11.5 Å². The molecule has 0 amide bonds. The van der Waals surface area contributed by atoms with Crippen molar-refractivity contribution < 1.29 is 19.7 Å². The monoisotopic (exact) mass is 290 g/mol. The molecule has 0 spiro atoms. The topological polar surface area (TPSA) is 66.8 Å². The Morgan fingerprint density at radius 3 is 2.67 bits per heavy atom. The highest BCUT2D eigenvalue weighted by molar-refractivity contribution is 5.94. The second-order valence-corrected chi connectivity index (χ2v) is 4.92. The zero-order valence-corrected chi connectivity index (χ0v) is 12.3. The summed E-state index contributed by atoms with van der Waals surface area (Å²) in [6, 6.07) is 2.63. The Morgan fingerprint density at radius 2 is 2.05 bits per heavy atom. The summed E-state index contributed by atoms with van der Waals surface area (Å²) < 4.78 is 5.27. The van der Waals surface area contributed by atoms with Crippen LogP contribution in [0.25, 0.3) is 0 Å². The van der Waals surface area contributed by atoms with Gasteiger partial charge in [-0.25, -0.2) is 4.79 Å². The Bertz CT molecular complexity index is 520. The van der Waals surface area contributed by atoms with E-state index in [1.54, 1.807) is 19.1 Å². The molecule has 0 aromatic heterocycles. The van der Waals surface area contributed by atoms with E-state index < -0.39 is 5.97 Å². The first kappa shape index (κ1) is 16.8. The van der Waals surface area contributed by atoms with Gasteiger partial charge in [0.2, 0.25) is 0 Å². The smallest absolute Gasteiger partial charge is 0.342 e. The lowest BCUT2D eigenvalue weighted by Crippen LogP contribution is -2.16. The zero-order chi connectivity index (χ0) is 15.8. The second kappa shape index (κ2) is 8.15. The summed E-state index contributed by atoms with van der Waals surface area (Å²) in [6.45, 7) is 9.00. The predicted octanol–water partition coefficient (Wildman–Crippen LogP) is 3.73. The number of carbonyl (C=O) groups is 1. The molecule has 0 saturated carbocycles. The van der Waals surface area contributed by atoms with Crippen molar-refractivity contribution in [3.05, 3.63) is 48.6 Å². The van der Waals surface area contributed by atoms with Gasteiger partial charge in [0.05, 0.1) is 0 Å². The van der Waals surface area contributed by atoms with Gasteiger partial charge in [-0.2, -0.15) is 0 Å². The van der Waals surface area contributed by atoms with Crippen molar-refractivity contribution in [3.63, 3.8) is 0 Å². The van der Waals surface area contributed by atoms with Gasteiger partial charge < -0.3 is 14.9 Å². The summed E-state index contributed by atoms with van der Waals surface area (Å²) in [5.41, 5.74) is 0.693. The Kier molecular flexibility index (Phi) is 6.53. The molecule has 0 radical (unpaired) electrons. The van der Waals surface area contributed by atoms with Crippen molar-refractivity contribution in [1.29, 1.82) is 0 Å². The molecular formula is C17H22O4. The molecule has 1 atom stereocenters. The van der Waals surface area contributed by atoms with Crippen molar-refractivity contribution in [2.24, 2.45) is 0 Å². The van der Waals surface area contributed by atoms with Crippen molar-refractivity contribution >= 4 is 5.97 Å². The van der Waals surface area contributed by atoms with Gasteiger partial charge in [-0.05, 0) is 37.8 Å². The molecule has 0 fully saturated rings. The van der Waals surface area contributed by atoms with Crippen LogP contribution in [0.2, 0.25) is 0 Å². The number of benzene rings is 1. The lowest BCUT2D eigenvalue weighted by atomic mass is 10.00. The third kappa shape index (κ3) is 4.99. The summed E-state index contributed by atoms with van der Waals surface area (Å²) in [4.78, 5) is 12.2. The van der Waals surface area contributed by atoms with Gasteiger partial charge in [0, 0.05) is 12.5 Å². The highest BCUT2D eigenvalue weighted by Crippen LogP contribution is 2.29. The average molecular weight is 290 g/mol. The minimum Gasteiger partial charge on any atom is -0.508 e. The molecule has 4 nitrogen and oxygen atoms in total. The minimum absolute atomic E-state index is 0.0724. The molecule has 0 aliphatic rings. The Balaban J connectivity index is 2.99. The van der Waals surface area contributed by atoms with E-state index in [0.29, 0.717) is 18.4 Å². The van der Waals surface area contributed by atoms with Gasteiger partial charge in [0.1, 0.15) is 23.2 Å². The molecule has 4 heteroatoms. The number of phenolic OH excluding ortho intramolecular Hbond substituents is 2. The Labute approximate surface area is 125 Å². The third-order valence-electron chi connectivity index (χ3n) is 3.05. The number of hydrogen-bond acceptors (Lipinski definition) is 4. The Hall–Kier alpha value is -2.23. The number of ether oxygens (including phenoxy) is 1. The van der Waals surface area contributed by atoms with Gasteiger partial charge in [0.25, 0.3) is 0 Å². The molecule has 114 valence electrons. The number of carbonyl (C=O) groups excluding carboxylic acids is 1. The molecular weight excluding hydrogens is 268 g/mol. The number of aromatic hydroxyl groups is 2. The van der Waals surface area contributed by atoms with Crippen LogP contribution in [0.1, 0.15) is 42.1 Å². The van der Waals surface area contributed by atoms with Crippen LogP contribution in [0.3, 0.4) is 0 Å². The lowest BCUT2D eigenvalue weighted by Gasteiger charge is -2.15. The molecule has 0 bridgehead atoms. The molecule has 1 aromatic carbocycles. The maximum Gasteiger partial charge on any atom is 0.342 e. The largest absolute Gasteiger partial charge is 0.508 e. The number of rotatable bonds is 8. The van der Waals surface area contributed by atoms with Crippen LogP contribution in [0.4, 0.5) is 0 Å². The second-order valence-electron chi connectivity index (χ2n) is 4.92. The van der Waals surface area contributed by atoms with E-state index in [0.717, 1.165) is 18.9 Å². The fourth-order valence-corrected chi connectivity index (χ4v) is 2.06. The van der Waals surface area contributed by atoms with E-state index in [-0.39, 0.29) is 23.2 Å². The van der Waals surface area contributed by atoms with E-state index in [1.807, 2.05) is 0 Å². The van der Waals surface area contributed by atoms with Gasteiger partial charge in [-0.15, -0.1) is 13.2 Å². The maximum atomic E-state index is 12.2. The fourth-order valence-electron chi connectivity index (χ4n) is 2.06. The van der Waals surface area contributed by atoms with Crippen LogP contribution < -0.4 is 0 Å². The third-order valence-corrected chi connectivity index (χ3v) is 3.05. The summed E-state index contributed by atoms with van der Waals surface area (Å²) >= 11 is 0. The van der Waals surface area contributed by atoms with Gasteiger partial charge in [-0.1, -0.05) is 12.2 Å². The number of esters is 1. The van der Waals surface area contributed by atoms with E-state index in [2.05, 4.69) is 13.2 Å². The van der Waals surface area contributed by atoms with Crippen LogP contribution in [-0.4, -0.2) is 22.3 Å². The van der Waals surface area contributed by atoms with Crippen molar-refractivity contribution in [2.75, 3.05) is 0 Å². The lowest BCUT2D eigenvalue weighted by molar-refractivity contribution is 0.0343. The average Bonchev–Trinajstić information content (AvgIpc) is 2.38. The first-order valence-electron chi connectivity index (χ1n) is 6.97. The van der Waals surface area contributed by atoms with Gasteiger partial charge >= 0.3 is 5.97 Å². The molecule has 1 unspecified atom stereocenters. The van der Waals surface area contributed by atoms with E-state index >= 15 is 0 Å². The summed E-state index contributed by atoms with van der Waals surface area (Å²) in [7, 11) is 0. The first-order valence-corrected chi connectivity index (χ1v) is 6.97. The molecule has 1 rings (SSSR count). The van der Waals surface area contributed by atoms with Gasteiger partial charge in [-0.3, -0.25) is 0 Å².